The minimum absolute atomic E-state index is 0.165. The molecule has 0 aromatic carbocycles. The van der Waals surface area contributed by atoms with Gasteiger partial charge >= 0.3 is 6.18 Å². The highest BCUT2D eigenvalue weighted by Crippen LogP contribution is 2.37. The molecule has 0 aliphatic heterocycles. The Kier molecular flexibility index (Phi) is 3.59. The maximum Gasteiger partial charge on any atom is 0.413 e. The first-order valence-electron chi connectivity index (χ1n) is 6.50. The number of hydrogen-bond acceptors (Lipinski definition) is 3. The lowest BCUT2D eigenvalue weighted by Crippen LogP contribution is -2.49. The van der Waals surface area contributed by atoms with E-state index in [-0.39, 0.29) is 11.7 Å². The molecule has 1 aromatic rings. The van der Waals surface area contributed by atoms with Crippen LogP contribution in [-0.4, -0.2) is 20.9 Å². The van der Waals surface area contributed by atoms with Gasteiger partial charge < -0.3 is 5.73 Å². The lowest BCUT2D eigenvalue weighted by Gasteiger charge is -2.26. The Balaban J connectivity index is 2.31. The Labute approximate surface area is 110 Å². The SMILES string of the molecule is Cn1nc(C2CCCCC2)nc1C(C)(N)C(F)(F)F. The molecule has 2 N–H and O–H groups in total. The van der Waals surface area contributed by atoms with Crippen molar-refractivity contribution in [2.75, 3.05) is 0 Å². The van der Waals surface area contributed by atoms with Crippen molar-refractivity contribution >= 4 is 0 Å². The van der Waals surface area contributed by atoms with Gasteiger partial charge in [-0.3, -0.25) is 4.68 Å². The first kappa shape index (κ1) is 14.3. The predicted octanol–water partition coefficient (Wildman–Crippen LogP) is 2.60. The highest BCUT2D eigenvalue weighted by molar-refractivity contribution is 5.11. The van der Waals surface area contributed by atoms with Gasteiger partial charge in [-0.1, -0.05) is 19.3 Å². The van der Waals surface area contributed by atoms with Crippen LogP contribution in [0.15, 0.2) is 0 Å². The van der Waals surface area contributed by atoms with Crippen LogP contribution >= 0.6 is 0 Å². The molecule has 1 aliphatic rings. The van der Waals surface area contributed by atoms with Gasteiger partial charge in [-0.15, -0.1) is 0 Å². The van der Waals surface area contributed by atoms with Gasteiger partial charge in [-0.05, 0) is 19.8 Å². The van der Waals surface area contributed by atoms with E-state index in [2.05, 4.69) is 10.1 Å². The van der Waals surface area contributed by atoms with Crippen molar-refractivity contribution in [2.45, 2.75) is 56.7 Å². The molecule has 7 heteroatoms. The summed E-state index contributed by atoms with van der Waals surface area (Å²) in [5.74, 6) is 0.441. The Bertz CT molecular complexity index is 444. The van der Waals surface area contributed by atoms with E-state index in [1.165, 1.54) is 13.5 Å². The standard InChI is InChI=1S/C12H19F3N4/c1-11(16,12(13,14)15)10-17-9(18-19(10)2)8-6-4-3-5-7-8/h8H,3-7,16H2,1-2H3. The Morgan fingerprint density at radius 1 is 1.21 bits per heavy atom. The minimum atomic E-state index is -4.54. The summed E-state index contributed by atoms with van der Waals surface area (Å²) in [6, 6.07) is 0. The first-order valence-corrected chi connectivity index (χ1v) is 6.50. The molecule has 4 nitrogen and oxygen atoms in total. The molecular weight excluding hydrogens is 257 g/mol. The van der Waals surface area contributed by atoms with Crippen molar-refractivity contribution in [3.8, 4) is 0 Å². The average molecular weight is 276 g/mol. The number of aryl methyl sites for hydroxylation is 1. The van der Waals surface area contributed by atoms with E-state index in [0.29, 0.717) is 5.82 Å². The molecule has 0 bridgehead atoms. The zero-order valence-electron chi connectivity index (χ0n) is 11.2. The van der Waals surface area contributed by atoms with Crippen molar-refractivity contribution in [1.29, 1.82) is 0 Å². The van der Waals surface area contributed by atoms with Gasteiger partial charge in [0.25, 0.3) is 0 Å². The molecule has 0 spiro atoms. The van der Waals surface area contributed by atoms with E-state index in [1.807, 2.05) is 0 Å². The summed E-state index contributed by atoms with van der Waals surface area (Å²) in [4.78, 5) is 4.08. The molecule has 1 aromatic heterocycles. The van der Waals surface area contributed by atoms with Gasteiger partial charge in [0, 0.05) is 13.0 Å². The maximum atomic E-state index is 12.9. The number of nitrogens with two attached hydrogens (primary N) is 1. The highest BCUT2D eigenvalue weighted by Gasteiger charge is 2.52. The number of hydrogen-bond donors (Lipinski definition) is 1. The van der Waals surface area contributed by atoms with Crippen LogP contribution in [0.2, 0.25) is 0 Å². The molecule has 1 heterocycles. The van der Waals surface area contributed by atoms with E-state index in [9.17, 15) is 13.2 Å². The molecule has 2 rings (SSSR count). The Morgan fingerprint density at radius 2 is 1.79 bits per heavy atom. The summed E-state index contributed by atoms with van der Waals surface area (Å²) in [5.41, 5.74) is 2.94. The number of halogens is 3. The quantitative estimate of drug-likeness (QED) is 0.903. The van der Waals surface area contributed by atoms with Gasteiger partial charge in [0.05, 0.1) is 0 Å². The third-order valence-electron chi connectivity index (χ3n) is 3.80. The molecule has 0 amide bonds. The molecule has 0 radical (unpaired) electrons. The number of rotatable bonds is 2. The third kappa shape index (κ3) is 2.61. The molecule has 0 saturated heterocycles. The van der Waals surface area contributed by atoms with Crippen molar-refractivity contribution < 1.29 is 13.2 Å². The van der Waals surface area contributed by atoms with Crippen LogP contribution in [0, 0.1) is 0 Å². The molecular formula is C12H19F3N4. The summed E-state index contributed by atoms with van der Waals surface area (Å²) in [6.07, 6.45) is 0.674. The predicted molar refractivity (Wildman–Crippen MR) is 64.4 cm³/mol. The summed E-state index contributed by atoms with van der Waals surface area (Å²) < 4.78 is 40.0. The maximum absolute atomic E-state index is 12.9. The Morgan fingerprint density at radius 3 is 2.32 bits per heavy atom. The average Bonchev–Trinajstić information content (AvgIpc) is 2.71. The molecule has 108 valence electrons. The second-order valence-corrected chi connectivity index (χ2v) is 5.45. The molecule has 19 heavy (non-hydrogen) atoms. The fourth-order valence-corrected chi connectivity index (χ4v) is 2.52. The van der Waals surface area contributed by atoms with Crippen molar-refractivity contribution in [3.05, 3.63) is 11.6 Å². The van der Waals surface area contributed by atoms with Crippen LogP contribution in [0.5, 0.6) is 0 Å². The molecule has 1 fully saturated rings. The number of nitrogens with zero attached hydrogens (tertiary/aromatic N) is 3. The van der Waals surface area contributed by atoms with Gasteiger partial charge in [0.2, 0.25) is 0 Å². The fraction of sp³-hybridized carbons (Fsp3) is 0.833. The largest absolute Gasteiger partial charge is 0.413 e. The minimum Gasteiger partial charge on any atom is -0.311 e. The van der Waals surface area contributed by atoms with E-state index in [0.717, 1.165) is 37.3 Å². The highest BCUT2D eigenvalue weighted by atomic mass is 19.4. The zero-order chi connectivity index (χ0) is 14.3. The van der Waals surface area contributed by atoms with Gasteiger partial charge in [-0.2, -0.15) is 18.3 Å². The third-order valence-corrected chi connectivity index (χ3v) is 3.80. The topological polar surface area (TPSA) is 56.7 Å². The summed E-state index contributed by atoms with van der Waals surface area (Å²) in [5, 5.41) is 4.14. The van der Waals surface area contributed by atoms with Gasteiger partial charge in [-0.25, -0.2) is 4.98 Å². The van der Waals surface area contributed by atoms with Crippen molar-refractivity contribution in [1.82, 2.24) is 14.8 Å². The van der Waals surface area contributed by atoms with Crippen molar-refractivity contribution in [3.63, 3.8) is 0 Å². The number of aromatic nitrogens is 3. The van der Waals surface area contributed by atoms with Gasteiger partial charge in [0.15, 0.2) is 17.2 Å². The summed E-state index contributed by atoms with van der Waals surface area (Å²) >= 11 is 0. The summed E-state index contributed by atoms with van der Waals surface area (Å²) in [7, 11) is 1.46. The Hall–Kier alpha value is -1.11. The summed E-state index contributed by atoms with van der Waals surface area (Å²) in [6.45, 7) is 0.932. The second-order valence-electron chi connectivity index (χ2n) is 5.45. The fourth-order valence-electron chi connectivity index (χ4n) is 2.52. The van der Waals surface area contributed by atoms with Gasteiger partial charge in [0.1, 0.15) is 0 Å². The van der Waals surface area contributed by atoms with E-state index in [4.69, 9.17) is 5.73 Å². The smallest absolute Gasteiger partial charge is 0.311 e. The van der Waals surface area contributed by atoms with Crippen molar-refractivity contribution in [2.24, 2.45) is 12.8 Å². The lowest BCUT2D eigenvalue weighted by molar-refractivity contribution is -0.187. The van der Waals surface area contributed by atoms with E-state index < -0.39 is 11.7 Å². The van der Waals surface area contributed by atoms with Crippen LogP contribution in [0.1, 0.15) is 56.6 Å². The lowest BCUT2D eigenvalue weighted by atomic mass is 9.89. The molecule has 1 unspecified atom stereocenters. The van der Waals surface area contributed by atoms with E-state index in [1.54, 1.807) is 0 Å². The van der Waals surface area contributed by atoms with Crippen LogP contribution < -0.4 is 5.73 Å². The van der Waals surface area contributed by atoms with Crippen LogP contribution in [0.25, 0.3) is 0 Å². The van der Waals surface area contributed by atoms with Crippen LogP contribution in [0.3, 0.4) is 0 Å². The second kappa shape index (κ2) is 4.77. The molecule has 1 saturated carbocycles. The van der Waals surface area contributed by atoms with Crippen LogP contribution in [-0.2, 0) is 12.6 Å². The molecule has 1 atom stereocenters. The monoisotopic (exact) mass is 276 g/mol. The van der Waals surface area contributed by atoms with Crippen LogP contribution in [0.4, 0.5) is 13.2 Å². The first-order chi connectivity index (χ1) is 8.73. The number of alkyl halides is 3. The molecule has 1 aliphatic carbocycles. The zero-order valence-corrected chi connectivity index (χ0v) is 11.2. The normalized spacial score (nSPS) is 21.4. The van der Waals surface area contributed by atoms with E-state index >= 15 is 0 Å².